The number of thiazole rings is 1. The van der Waals surface area contributed by atoms with Gasteiger partial charge in [0.15, 0.2) is 5.13 Å². The summed E-state index contributed by atoms with van der Waals surface area (Å²) in [6, 6.07) is 8.03. The van der Waals surface area contributed by atoms with Crippen LogP contribution in [0.15, 0.2) is 36.4 Å². The van der Waals surface area contributed by atoms with Crippen LogP contribution in [0.5, 0.6) is 0 Å². The average molecular weight is 545 g/mol. The van der Waals surface area contributed by atoms with Crippen molar-refractivity contribution in [2.24, 2.45) is 0 Å². The van der Waals surface area contributed by atoms with E-state index in [9.17, 15) is 24.2 Å². The number of aliphatic hydroxyl groups excluding tert-OH is 2. The predicted octanol–water partition coefficient (Wildman–Crippen LogP) is 4.24. The van der Waals surface area contributed by atoms with Gasteiger partial charge < -0.3 is 25.2 Å². The summed E-state index contributed by atoms with van der Waals surface area (Å²) in [5.74, 6) is -0.605. The number of hydrogen-bond donors (Lipinski definition) is 4. The van der Waals surface area contributed by atoms with Gasteiger partial charge in [-0.15, -0.1) is 0 Å². The van der Waals surface area contributed by atoms with Crippen LogP contribution >= 0.6 is 34.5 Å². The van der Waals surface area contributed by atoms with Gasteiger partial charge in [-0.3, -0.25) is 5.32 Å². The molecule has 1 heterocycles. The molecule has 0 fully saturated rings. The van der Waals surface area contributed by atoms with Crippen molar-refractivity contribution < 1.29 is 28.9 Å². The van der Waals surface area contributed by atoms with E-state index in [0.29, 0.717) is 21.2 Å². The Bertz CT molecular complexity index is 1200. The number of nitrogens with one attached hydrogen (secondary N) is 2. The van der Waals surface area contributed by atoms with E-state index in [1.54, 1.807) is 24.3 Å². The zero-order valence-corrected chi connectivity index (χ0v) is 20.8. The van der Waals surface area contributed by atoms with Crippen LogP contribution < -0.4 is 10.6 Å². The number of likely N-dealkylation sites (N-methyl/N-ethyl adjacent to an activating group) is 1. The van der Waals surface area contributed by atoms with Gasteiger partial charge >= 0.3 is 12.1 Å². The molecule has 0 radical (unpaired) electrons. The summed E-state index contributed by atoms with van der Waals surface area (Å²) in [6.45, 7) is -0.854. The Morgan fingerprint density at radius 1 is 1.29 bits per heavy atom. The molecule has 3 rings (SSSR count). The van der Waals surface area contributed by atoms with Crippen LogP contribution in [0.3, 0.4) is 0 Å². The van der Waals surface area contributed by atoms with Gasteiger partial charge in [0.1, 0.15) is 12.4 Å². The third-order valence-corrected chi connectivity index (χ3v) is 6.64. The number of amides is 3. The van der Waals surface area contributed by atoms with Crippen molar-refractivity contribution >= 4 is 62.0 Å². The molecule has 0 aliphatic rings. The standard InChI is InChI=1S/C22H23Cl2FN4O5S/c1-29(21(32)26-9-12-3-2-4-16(25)19(12)24)14(8-15(31)10-30)11-34-22(33)28-20-27-17-6-5-13(23)7-18(17)35-20/h2-7,14-15,30-31H,8-11H2,1H3,(H,26,32)(H,27,28,33)/t14?,15-/m1/s1. The molecule has 0 saturated heterocycles. The first-order valence-corrected chi connectivity index (χ1v) is 12.0. The smallest absolute Gasteiger partial charge is 0.413 e. The highest BCUT2D eigenvalue weighted by Crippen LogP contribution is 2.28. The Morgan fingerprint density at radius 2 is 2.06 bits per heavy atom. The van der Waals surface area contributed by atoms with Crippen LogP contribution in [0.1, 0.15) is 12.0 Å². The fourth-order valence-corrected chi connectivity index (χ4v) is 4.44. The molecule has 35 heavy (non-hydrogen) atoms. The Labute approximate surface area is 214 Å². The topological polar surface area (TPSA) is 124 Å². The molecule has 0 aliphatic heterocycles. The molecular weight excluding hydrogens is 522 g/mol. The lowest BCUT2D eigenvalue weighted by Gasteiger charge is -2.29. The number of urea groups is 1. The molecule has 2 aromatic carbocycles. The number of halogens is 3. The van der Waals surface area contributed by atoms with Gasteiger partial charge in [-0.05, 0) is 36.2 Å². The van der Waals surface area contributed by atoms with Crippen molar-refractivity contribution in [3.8, 4) is 0 Å². The number of aliphatic hydroxyl groups is 2. The highest BCUT2D eigenvalue weighted by atomic mass is 35.5. The van der Waals surface area contributed by atoms with Crippen LogP contribution in [0.4, 0.5) is 19.1 Å². The quantitative estimate of drug-likeness (QED) is 0.319. The number of hydrogen-bond acceptors (Lipinski definition) is 7. The number of benzene rings is 2. The summed E-state index contributed by atoms with van der Waals surface area (Å²) < 4.78 is 19.6. The van der Waals surface area contributed by atoms with Crippen LogP contribution in [0, 0.1) is 5.82 Å². The third-order valence-electron chi connectivity index (χ3n) is 5.05. The maximum Gasteiger partial charge on any atom is 0.413 e. The molecule has 3 aromatic rings. The van der Waals surface area contributed by atoms with Gasteiger partial charge in [0.2, 0.25) is 0 Å². The van der Waals surface area contributed by atoms with E-state index < -0.39 is 36.7 Å². The fraction of sp³-hybridized carbons (Fsp3) is 0.318. The third kappa shape index (κ3) is 7.39. The second-order valence-electron chi connectivity index (χ2n) is 7.56. The maximum absolute atomic E-state index is 13.6. The number of anilines is 1. The molecule has 13 heteroatoms. The first-order valence-electron chi connectivity index (χ1n) is 10.4. The first kappa shape index (κ1) is 26.9. The Kier molecular flexibility index (Phi) is 9.47. The van der Waals surface area contributed by atoms with E-state index in [2.05, 4.69) is 15.6 Å². The molecule has 1 aromatic heterocycles. The van der Waals surface area contributed by atoms with E-state index in [1.807, 2.05) is 0 Å². The molecule has 188 valence electrons. The second kappa shape index (κ2) is 12.3. The zero-order chi connectivity index (χ0) is 25.5. The summed E-state index contributed by atoms with van der Waals surface area (Å²) in [7, 11) is 1.44. The van der Waals surface area contributed by atoms with E-state index >= 15 is 0 Å². The number of fused-ring (bicyclic) bond motifs is 1. The SMILES string of the molecule is CN(C(=O)NCc1cccc(F)c1Cl)C(COC(=O)Nc1nc2ccc(Cl)cc2s1)C[C@@H](O)CO. The lowest BCUT2D eigenvalue weighted by Crippen LogP contribution is -2.47. The fourth-order valence-electron chi connectivity index (χ4n) is 3.12. The number of aromatic nitrogens is 1. The highest BCUT2D eigenvalue weighted by molar-refractivity contribution is 7.22. The number of ether oxygens (including phenoxy) is 1. The van der Waals surface area contributed by atoms with Crippen molar-refractivity contribution in [2.75, 3.05) is 25.6 Å². The summed E-state index contributed by atoms with van der Waals surface area (Å²) in [4.78, 5) is 30.5. The summed E-state index contributed by atoms with van der Waals surface area (Å²) in [5, 5.41) is 25.0. The Balaban J connectivity index is 1.59. The summed E-state index contributed by atoms with van der Waals surface area (Å²) in [5.41, 5.74) is 1.04. The van der Waals surface area contributed by atoms with Gasteiger partial charge in [-0.25, -0.2) is 19.0 Å². The number of carbonyl (C=O) groups is 2. The minimum Gasteiger partial charge on any atom is -0.447 e. The zero-order valence-electron chi connectivity index (χ0n) is 18.5. The molecule has 2 atom stereocenters. The predicted molar refractivity (Wildman–Crippen MR) is 133 cm³/mol. The second-order valence-corrected chi connectivity index (χ2v) is 9.41. The minimum atomic E-state index is -1.14. The molecule has 1 unspecified atom stereocenters. The van der Waals surface area contributed by atoms with Gasteiger partial charge in [0.05, 0.1) is 34.0 Å². The number of carbonyl (C=O) groups excluding carboxylic acids is 2. The van der Waals surface area contributed by atoms with E-state index in [4.69, 9.17) is 27.9 Å². The van der Waals surface area contributed by atoms with Crippen molar-refractivity contribution in [1.29, 1.82) is 0 Å². The molecule has 3 amide bonds. The lowest BCUT2D eigenvalue weighted by atomic mass is 10.1. The monoisotopic (exact) mass is 544 g/mol. The maximum atomic E-state index is 13.6. The van der Waals surface area contributed by atoms with Crippen molar-refractivity contribution in [3.63, 3.8) is 0 Å². The first-order chi connectivity index (χ1) is 16.7. The summed E-state index contributed by atoms with van der Waals surface area (Å²) >= 11 is 13.1. The summed E-state index contributed by atoms with van der Waals surface area (Å²) in [6.07, 6.45) is -2.01. The number of rotatable bonds is 9. The van der Waals surface area contributed by atoms with Gasteiger partial charge in [-0.1, -0.05) is 46.7 Å². The van der Waals surface area contributed by atoms with Crippen LogP contribution in [-0.2, 0) is 11.3 Å². The van der Waals surface area contributed by atoms with E-state index in [1.165, 1.54) is 35.4 Å². The number of nitrogens with zero attached hydrogens (tertiary/aromatic N) is 2. The van der Waals surface area contributed by atoms with E-state index in [0.717, 1.165) is 4.70 Å². The molecule has 0 aliphatic carbocycles. The van der Waals surface area contributed by atoms with Crippen LogP contribution in [-0.4, -0.2) is 64.6 Å². The lowest BCUT2D eigenvalue weighted by molar-refractivity contribution is 0.0480. The molecule has 9 nitrogen and oxygen atoms in total. The van der Waals surface area contributed by atoms with E-state index in [-0.39, 0.29) is 24.6 Å². The Morgan fingerprint density at radius 3 is 2.80 bits per heavy atom. The van der Waals surface area contributed by atoms with Crippen LogP contribution in [0.2, 0.25) is 10.0 Å². The van der Waals surface area contributed by atoms with Crippen molar-refractivity contribution in [1.82, 2.24) is 15.2 Å². The molecule has 0 saturated carbocycles. The largest absolute Gasteiger partial charge is 0.447 e. The Hall–Kier alpha value is -2.70. The molecule has 4 N–H and O–H groups in total. The normalized spacial score (nSPS) is 12.7. The molecular formula is C22H23Cl2FN4O5S. The average Bonchev–Trinajstić information content (AvgIpc) is 3.22. The molecule has 0 spiro atoms. The van der Waals surface area contributed by atoms with Gasteiger partial charge in [0, 0.05) is 18.6 Å². The molecule has 0 bridgehead atoms. The van der Waals surface area contributed by atoms with Gasteiger partial charge in [-0.2, -0.15) is 0 Å². The minimum absolute atomic E-state index is 0.0436. The van der Waals surface area contributed by atoms with Gasteiger partial charge in [0.25, 0.3) is 0 Å². The van der Waals surface area contributed by atoms with Crippen LogP contribution in [0.25, 0.3) is 10.2 Å². The van der Waals surface area contributed by atoms with Crippen molar-refractivity contribution in [3.05, 3.63) is 57.8 Å². The highest BCUT2D eigenvalue weighted by Gasteiger charge is 2.25. The van der Waals surface area contributed by atoms with Crippen molar-refractivity contribution in [2.45, 2.75) is 25.1 Å².